The smallest absolute Gasteiger partial charge is 0.268 e. The molecule has 2 aromatic carbocycles. The Bertz CT molecular complexity index is 1030. The first-order valence-electron chi connectivity index (χ1n) is 9.21. The molecule has 3 aromatic rings. The first kappa shape index (κ1) is 20.7. The van der Waals surface area contributed by atoms with Crippen molar-refractivity contribution in [1.82, 2.24) is 10.6 Å². The van der Waals surface area contributed by atoms with Gasteiger partial charge in [0.1, 0.15) is 11.5 Å². The van der Waals surface area contributed by atoms with Crippen molar-refractivity contribution in [2.45, 2.75) is 6.54 Å². The predicted molar refractivity (Wildman–Crippen MR) is 112 cm³/mol. The number of methoxy groups -OCH3 is 2. The second-order valence-corrected chi connectivity index (χ2v) is 6.27. The molecule has 0 aliphatic rings. The van der Waals surface area contributed by atoms with E-state index >= 15 is 0 Å². The van der Waals surface area contributed by atoms with Crippen LogP contribution in [0.2, 0.25) is 0 Å². The first-order chi connectivity index (χ1) is 14.6. The van der Waals surface area contributed by atoms with Crippen molar-refractivity contribution in [3.8, 4) is 11.5 Å². The second-order valence-electron chi connectivity index (χ2n) is 6.27. The highest BCUT2D eigenvalue weighted by Gasteiger charge is 2.15. The van der Waals surface area contributed by atoms with Crippen LogP contribution in [0.3, 0.4) is 0 Å². The van der Waals surface area contributed by atoms with E-state index in [4.69, 9.17) is 13.9 Å². The van der Waals surface area contributed by atoms with Crippen molar-refractivity contribution >= 4 is 17.9 Å². The molecule has 0 spiro atoms. The van der Waals surface area contributed by atoms with E-state index in [1.807, 2.05) is 12.1 Å². The number of benzene rings is 2. The van der Waals surface area contributed by atoms with Gasteiger partial charge in [0.2, 0.25) is 0 Å². The molecule has 7 heteroatoms. The van der Waals surface area contributed by atoms with Crippen molar-refractivity contribution in [2.24, 2.45) is 0 Å². The molecule has 30 heavy (non-hydrogen) atoms. The van der Waals surface area contributed by atoms with Gasteiger partial charge in [-0.1, -0.05) is 24.3 Å². The summed E-state index contributed by atoms with van der Waals surface area (Å²) in [6.07, 6.45) is 2.97. The summed E-state index contributed by atoms with van der Waals surface area (Å²) < 4.78 is 15.8. The molecule has 154 valence electrons. The largest absolute Gasteiger partial charge is 0.493 e. The fourth-order valence-corrected chi connectivity index (χ4v) is 2.73. The normalized spacial score (nSPS) is 10.9. The van der Waals surface area contributed by atoms with Crippen LogP contribution in [0, 0.1) is 0 Å². The van der Waals surface area contributed by atoms with Crippen LogP contribution in [-0.4, -0.2) is 26.0 Å². The predicted octanol–water partition coefficient (Wildman–Crippen LogP) is 3.38. The molecule has 1 aromatic heterocycles. The highest BCUT2D eigenvalue weighted by molar-refractivity contribution is 6.05. The lowest BCUT2D eigenvalue weighted by molar-refractivity contribution is -0.117. The molecule has 0 fully saturated rings. The van der Waals surface area contributed by atoms with Crippen LogP contribution in [-0.2, 0) is 11.3 Å². The molecule has 0 unspecified atom stereocenters. The van der Waals surface area contributed by atoms with E-state index in [1.54, 1.807) is 62.8 Å². The van der Waals surface area contributed by atoms with Gasteiger partial charge in [-0.3, -0.25) is 9.59 Å². The van der Waals surface area contributed by atoms with E-state index in [9.17, 15) is 9.59 Å². The molecule has 0 bridgehead atoms. The molecule has 0 saturated heterocycles. The highest BCUT2D eigenvalue weighted by atomic mass is 16.5. The Morgan fingerprint density at radius 1 is 0.967 bits per heavy atom. The minimum absolute atomic E-state index is 0.0688. The zero-order chi connectivity index (χ0) is 21.3. The van der Waals surface area contributed by atoms with Gasteiger partial charge < -0.3 is 24.5 Å². The Labute approximate surface area is 174 Å². The van der Waals surface area contributed by atoms with E-state index in [0.717, 1.165) is 5.56 Å². The molecule has 0 saturated carbocycles. The van der Waals surface area contributed by atoms with E-state index in [2.05, 4.69) is 10.6 Å². The number of hydrogen-bond acceptors (Lipinski definition) is 5. The van der Waals surface area contributed by atoms with Crippen LogP contribution in [0.25, 0.3) is 6.08 Å². The van der Waals surface area contributed by atoms with Gasteiger partial charge in [0.05, 0.1) is 20.5 Å². The van der Waals surface area contributed by atoms with E-state index in [-0.39, 0.29) is 12.2 Å². The highest BCUT2D eigenvalue weighted by Crippen LogP contribution is 2.27. The Hall–Kier alpha value is -4.00. The fourth-order valence-electron chi connectivity index (χ4n) is 2.73. The summed E-state index contributed by atoms with van der Waals surface area (Å²) in [7, 11) is 3.10. The molecule has 2 N–H and O–H groups in total. The van der Waals surface area contributed by atoms with Crippen molar-refractivity contribution in [2.75, 3.05) is 14.2 Å². The van der Waals surface area contributed by atoms with Gasteiger partial charge in [0.15, 0.2) is 11.5 Å². The summed E-state index contributed by atoms with van der Waals surface area (Å²) in [5.74, 6) is 0.758. The number of carbonyl (C=O) groups is 2. The Balaban J connectivity index is 1.75. The average Bonchev–Trinajstić information content (AvgIpc) is 3.30. The number of carbonyl (C=O) groups excluding carboxylic acids is 2. The number of rotatable bonds is 8. The van der Waals surface area contributed by atoms with Crippen molar-refractivity contribution < 1.29 is 23.5 Å². The molecule has 1 heterocycles. The maximum atomic E-state index is 12.8. The van der Waals surface area contributed by atoms with Crippen LogP contribution in [0.5, 0.6) is 11.5 Å². The summed E-state index contributed by atoms with van der Waals surface area (Å²) in [5, 5.41) is 5.45. The molecule has 7 nitrogen and oxygen atoms in total. The Morgan fingerprint density at radius 3 is 2.40 bits per heavy atom. The zero-order valence-electron chi connectivity index (χ0n) is 16.7. The Kier molecular flexibility index (Phi) is 6.89. The molecule has 0 aliphatic carbocycles. The van der Waals surface area contributed by atoms with Crippen LogP contribution in [0.15, 0.2) is 77.0 Å². The third kappa shape index (κ3) is 5.29. The standard InChI is InChI=1S/C23H22N2O5/c1-28-20-11-10-16(13-21(20)29-2)15-24-23(27)19(14-18-9-6-12-30-18)25-22(26)17-7-4-3-5-8-17/h3-14H,15H2,1-2H3,(H,24,27)(H,25,26). The molecule has 0 atom stereocenters. The monoisotopic (exact) mass is 406 g/mol. The maximum Gasteiger partial charge on any atom is 0.268 e. The first-order valence-corrected chi connectivity index (χ1v) is 9.21. The summed E-state index contributed by atoms with van der Waals surface area (Å²) in [5.41, 5.74) is 1.32. The van der Waals surface area contributed by atoms with Gasteiger partial charge in [0, 0.05) is 18.2 Å². The number of amides is 2. The van der Waals surface area contributed by atoms with Gasteiger partial charge in [-0.25, -0.2) is 0 Å². The van der Waals surface area contributed by atoms with Crippen LogP contribution >= 0.6 is 0 Å². The summed E-state index contributed by atoms with van der Waals surface area (Å²) >= 11 is 0. The third-order valence-corrected chi connectivity index (χ3v) is 4.26. The minimum atomic E-state index is -0.453. The minimum Gasteiger partial charge on any atom is -0.493 e. The lowest BCUT2D eigenvalue weighted by atomic mass is 10.2. The summed E-state index contributed by atoms with van der Waals surface area (Å²) in [4.78, 5) is 25.3. The van der Waals surface area contributed by atoms with Gasteiger partial charge in [-0.05, 0) is 42.0 Å². The lowest BCUT2D eigenvalue weighted by Crippen LogP contribution is -2.34. The van der Waals surface area contributed by atoms with Gasteiger partial charge in [0.25, 0.3) is 11.8 Å². The Morgan fingerprint density at radius 2 is 1.73 bits per heavy atom. The van der Waals surface area contributed by atoms with E-state index in [0.29, 0.717) is 22.8 Å². The number of hydrogen-bond donors (Lipinski definition) is 2. The zero-order valence-corrected chi connectivity index (χ0v) is 16.7. The average molecular weight is 406 g/mol. The number of ether oxygens (including phenoxy) is 2. The number of nitrogens with one attached hydrogen (secondary N) is 2. The second kappa shape index (κ2) is 9.97. The van der Waals surface area contributed by atoms with Crippen molar-refractivity contribution in [1.29, 1.82) is 0 Å². The molecule has 3 rings (SSSR count). The van der Waals surface area contributed by atoms with Crippen LogP contribution in [0.1, 0.15) is 21.7 Å². The third-order valence-electron chi connectivity index (χ3n) is 4.26. The molecule has 2 amide bonds. The quantitative estimate of drug-likeness (QED) is 0.560. The SMILES string of the molecule is COc1ccc(CNC(=O)C(=Cc2ccco2)NC(=O)c2ccccc2)cc1OC. The summed E-state index contributed by atoms with van der Waals surface area (Å²) in [6.45, 7) is 0.232. The molecular formula is C23H22N2O5. The summed E-state index contributed by atoms with van der Waals surface area (Å²) in [6, 6.07) is 17.4. The van der Waals surface area contributed by atoms with Gasteiger partial charge in [-0.15, -0.1) is 0 Å². The molecule has 0 aliphatic heterocycles. The topological polar surface area (TPSA) is 89.8 Å². The van der Waals surface area contributed by atoms with E-state index in [1.165, 1.54) is 12.3 Å². The van der Waals surface area contributed by atoms with Crippen molar-refractivity contribution in [3.05, 3.63) is 89.5 Å². The maximum absolute atomic E-state index is 12.8. The van der Waals surface area contributed by atoms with Crippen LogP contribution in [0.4, 0.5) is 0 Å². The fraction of sp³-hybridized carbons (Fsp3) is 0.130. The molecule has 0 radical (unpaired) electrons. The van der Waals surface area contributed by atoms with Gasteiger partial charge >= 0.3 is 0 Å². The van der Waals surface area contributed by atoms with Gasteiger partial charge in [-0.2, -0.15) is 0 Å². The number of furan rings is 1. The van der Waals surface area contributed by atoms with E-state index < -0.39 is 11.8 Å². The van der Waals surface area contributed by atoms with Crippen molar-refractivity contribution in [3.63, 3.8) is 0 Å². The molecular weight excluding hydrogens is 384 g/mol. The van der Waals surface area contributed by atoms with Crippen LogP contribution < -0.4 is 20.1 Å². The lowest BCUT2D eigenvalue weighted by Gasteiger charge is -2.12.